The highest BCUT2D eigenvalue weighted by Crippen LogP contribution is 2.22. The molecule has 1 aromatic heterocycles. The highest BCUT2D eigenvalue weighted by molar-refractivity contribution is 7.19. The maximum atomic E-state index is 12.5. The van der Waals surface area contributed by atoms with E-state index in [1.165, 1.54) is 5.56 Å². The summed E-state index contributed by atoms with van der Waals surface area (Å²) in [6.45, 7) is 4.14. The normalized spacial score (nSPS) is 15.7. The number of halogens is 1. The second kappa shape index (κ2) is 8.21. The number of fused-ring (bicyclic) bond motifs is 1. The molecule has 4 nitrogen and oxygen atoms in total. The molecule has 0 bridgehead atoms. The van der Waals surface area contributed by atoms with E-state index >= 15 is 0 Å². The van der Waals surface area contributed by atoms with E-state index in [0.29, 0.717) is 0 Å². The first-order chi connectivity index (χ1) is 13.2. The van der Waals surface area contributed by atoms with Gasteiger partial charge < -0.3 is 4.90 Å². The Kier molecular flexibility index (Phi) is 5.53. The minimum absolute atomic E-state index is 0.0559. The molecule has 138 valence electrons. The van der Waals surface area contributed by atoms with Crippen molar-refractivity contribution in [2.75, 3.05) is 26.2 Å². The van der Waals surface area contributed by atoms with Crippen molar-refractivity contribution in [2.24, 2.45) is 0 Å². The van der Waals surface area contributed by atoms with Crippen molar-refractivity contribution >= 4 is 45.1 Å². The van der Waals surface area contributed by atoms with Crippen molar-refractivity contribution in [1.29, 1.82) is 0 Å². The van der Waals surface area contributed by atoms with Gasteiger partial charge in [0.15, 0.2) is 0 Å². The third-order valence-corrected chi connectivity index (χ3v) is 5.94. The number of carbonyl (C=O) groups excluding carboxylic acids is 1. The Morgan fingerprint density at radius 3 is 2.56 bits per heavy atom. The molecule has 1 aliphatic rings. The Bertz CT molecular complexity index is 926. The first-order valence-corrected chi connectivity index (χ1v) is 10.2. The Labute approximate surface area is 167 Å². The molecule has 1 aliphatic heterocycles. The van der Waals surface area contributed by atoms with Gasteiger partial charge in [-0.05, 0) is 35.9 Å². The monoisotopic (exact) mass is 397 g/mol. The van der Waals surface area contributed by atoms with Crippen LogP contribution in [0, 0.1) is 0 Å². The Morgan fingerprint density at radius 1 is 1.07 bits per heavy atom. The van der Waals surface area contributed by atoms with Crippen LogP contribution in [0.15, 0.2) is 54.6 Å². The molecule has 1 fully saturated rings. The molecule has 4 rings (SSSR count). The third kappa shape index (κ3) is 4.56. The number of benzene rings is 2. The zero-order valence-corrected chi connectivity index (χ0v) is 16.4. The van der Waals surface area contributed by atoms with Crippen LogP contribution < -0.4 is 0 Å². The van der Waals surface area contributed by atoms with Gasteiger partial charge in [0.05, 0.1) is 10.2 Å². The van der Waals surface area contributed by atoms with Gasteiger partial charge in [0.1, 0.15) is 5.01 Å². The zero-order valence-electron chi connectivity index (χ0n) is 14.8. The lowest BCUT2D eigenvalue weighted by atomic mass is 10.2. The number of amides is 1. The van der Waals surface area contributed by atoms with Crippen LogP contribution in [0.5, 0.6) is 0 Å². The van der Waals surface area contributed by atoms with Crippen LogP contribution in [0.25, 0.3) is 16.3 Å². The number of rotatable bonds is 4. The van der Waals surface area contributed by atoms with Crippen molar-refractivity contribution in [1.82, 2.24) is 14.8 Å². The number of hydrogen-bond acceptors (Lipinski definition) is 4. The van der Waals surface area contributed by atoms with E-state index in [4.69, 9.17) is 11.6 Å². The van der Waals surface area contributed by atoms with Crippen molar-refractivity contribution in [3.8, 4) is 0 Å². The predicted molar refractivity (Wildman–Crippen MR) is 112 cm³/mol. The van der Waals surface area contributed by atoms with Crippen LogP contribution in [0.3, 0.4) is 0 Å². The molecule has 1 amide bonds. The van der Waals surface area contributed by atoms with Crippen LogP contribution in [-0.2, 0) is 11.3 Å². The number of piperazine rings is 1. The molecule has 2 heterocycles. The molecular formula is C21H20ClN3OS. The van der Waals surface area contributed by atoms with Gasteiger partial charge in [0.2, 0.25) is 5.91 Å². The van der Waals surface area contributed by atoms with E-state index in [1.807, 2.05) is 47.4 Å². The summed E-state index contributed by atoms with van der Waals surface area (Å²) in [6, 6.07) is 16.0. The van der Waals surface area contributed by atoms with Crippen molar-refractivity contribution < 1.29 is 4.79 Å². The first-order valence-electron chi connectivity index (χ1n) is 8.97. The van der Waals surface area contributed by atoms with Crippen LogP contribution in [-0.4, -0.2) is 46.9 Å². The predicted octanol–water partition coefficient (Wildman–Crippen LogP) is 4.31. The lowest BCUT2D eigenvalue weighted by molar-refractivity contribution is -0.127. The summed E-state index contributed by atoms with van der Waals surface area (Å²) in [5, 5.41) is 1.63. The van der Waals surface area contributed by atoms with Gasteiger partial charge in [-0.3, -0.25) is 9.69 Å². The average Bonchev–Trinajstić information content (AvgIpc) is 3.11. The molecule has 6 heteroatoms. The van der Waals surface area contributed by atoms with E-state index in [0.717, 1.165) is 53.0 Å². The van der Waals surface area contributed by atoms with Crippen molar-refractivity contribution in [3.63, 3.8) is 0 Å². The first kappa shape index (κ1) is 18.2. The highest BCUT2D eigenvalue weighted by Gasteiger charge is 2.19. The topological polar surface area (TPSA) is 36.4 Å². The summed E-state index contributed by atoms with van der Waals surface area (Å²) < 4.78 is 1.14. The lowest BCUT2D eigenvalue weighted by Crippen LogP contribution is -2.47. The van der Waals surface area contributed by atoms with Crippen LogP contribution >= 0.6 is 22.9 Å². The Hall–Kier alpha value is -2.21. The van der Waals surface area contributed by atoms with Gasteiger partial charge in [-0.1, -0.05) is 35.9 Å². The molecule has 0 atom stereocenters. The van der Waals surface area contributed by atoms with Gasteiger partial charge in [-0.2, -0.15) is 0 Å². The number of aromatic nitrogens is 1. The summed E-state index contributed by atoms with van der Waals surface area (Å²) in [7, 11) is 0. The van der Waals surface area contributed by atoms with Gasteiger partial charge in [-0.15, -0.1) is 11.3 Å². The van der Waals surface area contributed by atoms with Crippen LogP contribution in [0.4, 0.5) is 0 Å². The molecule has 0 N–H and O–H groups in total. The van der Waals surface area contributed by atoms with Gasteiger partial charge in [0.25, 0.3) is 0 Å². The number of hydrogen-bond donors (Lipinski definition) is 0. The van der Waals surface area contributed by atoms with Gasteiger partial charge in [0, 0.05) is 43.8 Å². The molecule has 1 saturated heterocycles. The summed E-state index contributed by atoms with van der Waals surface area (Å²) >= 11 is 7.54. The van der Waals surface area contributed by atoms with Crippen LogP contribution in [0.1, 0.15) is 10.6 Å². The van der Waals surface area contributed by atoms with E-state index in [2.05, 4.69) is 22.0 Å². The van der Waals surface area contributed by atoms with E-state index < -0.39 is 0 Å². The molecule has 0 radical (unpaired) electrons. The number of thiazole rings is 1. The minimum Gasteiger partial charge on any atom is -0.337 e. The molecule has 3 aromatic rings. The second-order valence-corrected chi connectivity index (χ2v) is 8.08. The molecule has 0 spiro atoms. The molecule has 2 aromatic carbocycles. The second-order valence-electron chi connectivity index (χ2n) is 6.58. The fraction of sp³-hybridized carbons (Fsp3) is 0.238. The van der Waals surface area contributed by atoms with Gasteiger partial charge in [-0.25, -0.2) is 4.98 Å². The molecule has 0 saturated carbocycles. The highest BCUT2D eigenvalue weighted by atomic mass is 35.5. The maximum Gasteiger partial charge on any atom is 0.246 e. The fourth-order valence-corrected chi connectivity index (χ4v) is 4.18. The summed E-state index contributed by atoms with van der Waals surface area (Å²) in [5.41, 5.74) is 2.22. The molecule has 0 unspecified atom stereocenters. The third-order valence-electron chi connectivity index (χ3n) is 4.68. The summed E-state index contributed by atoms with van der Waals surface area (Å²) in [6.07, 6.45) is 3.47. The standard InChI is InChI=1S/C21H20ClN3OS/c22-17-7-5-16(6-8-17)15-24-11-13-25(14-12-24)21(26)10-9-20-23-18-3-1-2-4-19(18)27-20/h1-10H,11-15H2/b10-9+. The smallest absolute Gasteiger partial charge is 0.246 e. The molecule has 27 heavy (non-hydrogen) atoms. The Morgan fingerprint density at radius 2 is 1.81 bits per heavy atom. The molecule has 0 aliphatic carbocycles. The average molecular weight is 398 g/mol. The quantitative estimate of drug-likeness (QED) is 0.615. The van der Waals surface area contributed by atoms with Crippen molar-refractivity contribution in [2.45, 2.75) is 6.54 Å². The summed E-state index contributed by atoms with van der Waals surface area (Å²) in [4.78, 5) is 21.3. The van der Waals surface area contributed by atoms with Crippen LogP contribution in [0.2, 0.25) is 5.02 Å². The summed E-state index contributed by atoms with van der Waals surface area (Å²) in [5.74, 6) is 0.0559. The van der Waals surface area contributed by atoms with E-state index in [9.17, 15) is 4.79 Å². The largest absolute Gasteiger partial charge is 0.337 e. The maximum absolute atomic E-state index is 12.5. The number of para-hydroxylation sites is 1. The fourth-order valence-electron chi connectivity index (χ4n) is 3.18. The van der Waals surface area contributed by atoms with Crippen molar-refractivity contribution in [3.05, 3.63) is 70.2 Å². The number of carbonyl (C=O) groups is 1. The minimum atomic E-state index is 0.0559. The zero-order chi connectivity index (χ0) is 18.6. The van der Waals surface area contributed by atoms with E-state index in [1.54, 1.807) is 17.4 Å². The van der Waals surface area contributed by atoms with E-state index in [-0.39, 0.29) is 5.91 Å². The lowest BCUT2D eigenvalue weighted by Gasteiger charge is -2.34. The number of nitrogens with zero attached hydrogens (tertiary/aromatic N) is 3. The van der Waals surface area contributed by atoms with Gasteiger partial charge >= 0.3 is 0 Å². The SMILES string of the molecule is O=C(/C=C/c1nc2ccccc2s1)N1CCN(Cc2ccc(Cl)cc2)CC1. The molecular weight excluding hydrogens is 378 g/mol. The Balaban J connectivity index is 1.31.